The van der Waals surface area contributed by atoms with Crippen LogP contribution in [0, 0.1) is 5.41 Å². The minimum atomic E-state index is -4.51. The number of aryl methyl sites for hydroxylation is 1. The van der Waals surface area contributed by atoms with E-state index >= 15 is 0 Å². The number of aliphatic hydroxyl groups is 1. The molecule has 10 nitrogen and oxygen atoms in total. The third-order valence-electron chi connectivity index (χ3n) is 7.08. The Labute approximate surface area is 246 Å². The summed E-state index contributed by atoms with van der Waals surface area (Å²) in [6, 6.07) is 12.4. The van der Waals surface area contributed by atoms with E-state index < -0.39 is 17.4 Å². The van der Waals surface area contributed by atoms with Crippen molar-refractivity contribution in [1.29, 1.82) is 5.41 Å². The molecule has 0 spiro atoms. The van der Waals surface area contributed by atoms with E-state index in [0.29, 0.717) is 66.7 Å². The van der Waals surface area contributed by atoms with Crippen LogP contribution in [0.25, 0.3) is 28.0 Å². The number of hydrogen-bond acceptors (Lipinski definition) is 6. The number of alkyl halides is 3. The smallest absolute Gasteiger partial charge is 0.394 e. The topological polar surface area (TPSA) is 171 Å². The zero-order valence-electron chi connectivity index (χ0n) is 23.8. The number of nitrogens with one attached hydrogen (secondary N) is 4. The van der Waals surface area contributed by atoms with Gasteiger partial charge < -0.3 is 32.2 Å². The van der Waals surface area contributed by atoms with Gasteiger partial charge >= 0.3 is 11.9 Å². The number of H-pyrrole nitrogens is 1. The number of nitrogens with two attached hydrogens (primary N) is 2. The summed E-state index contributed by atoms with van der Waals surface area (Å²) in [4.78, 5) is 20.1. The van der Waals surface area contributed by atoms with Crippen LogP contribution in [-0.2, 0) is 12.6 Å². The van der Waals surface area contributed by atoms with Gasteiger partial charge in [0.15, 0.2) is 5.96 Å². The molecule has 0 saturated heterocycles. The molecule has 4 aromatic rings. The second-order valence-corrected chi connectivity index (χ2v) is 10.6. The lowest BCUT2D eigenvalue weighted by atomic mass is 9.99. The Morgan fingerprint density at radius 1 is 1.14 bits per heavy atom. The number of nitrogens with zero attached hydrogens (tertiary/aromatic N) is 2. The fraction of sp³-hybridized carbons (Fsp3) is 0.367. The zero-order chi connectivity index (χ0) is 31.1. The van der Waals surface area contributed by atoms with Gasteiger partial charge in [-0.05, 0) is 92.2 Å². The molecule has 9 N–H and O–H groups in total. The molecule has 0 unspecified atom stereocenters. The van der Waals surface area contributed by atoms with Crippen LogP contribution in [0.1, 0.15) is 48.9 Å². The summed E-state index contributed by atoms with van der Waals surface area (Å²) >= 11 is 0. The lowest BCUT2D eigenvalue weighted by Gasteiger charge is -2.17. The van der Waals surface area contributed by atoms with E-state index in [9.17, 15) is 23.1 Å². The maximum atomic E-state index is 13.7. The minimum Gasteiger partial charge on any atom is -0.394 e. The highest BCUT2D eigenvalue weighted by Gasteiger charge is 2.31. The minimum absolute atomic E-state index is 0.0332. The predicted molar refractivity (Wildman–Crippen MR) is 161 cm³/mol. The zero-order valence-corrected chi connectivity index (χ0v) is 23.8. The Morgan fingerprint density at radius 3 is 2.53 bits per heavy atom. The highest BCUT2D eigenvalue weighted by atomic mass is 19.4. The van der Waals surface area contributed by atoms with E-state index in [0.717, 1.165) is 11.6 Å². The van der Waals surface area contributed by atoms with Crippen LogP contribution in [0.5, 0.6) is 0 Å². The van der Waals surface area contributed by atoms with Gasteiger partial charge in [-0.25, -0.2) is 4.79 Å². The van der Waals surface area contributed by atoms with E-state index in [-0.39, 0.29) is 30.3 Å². The van der Waals surface area contributed by atoms with Gasteiger partial charge in [0.2, 0.25) is 0 Å². The van der Waals surface area contributed by atoms with Crippen LogP contribution >= 0.6 is 0 Å². The monoisotopic (exact) mass is 598 g/mol. The van der Waals surface area contributed by atoms with Crippen LogP contribution in [0.2, 0.25) is 0 Å². The van der Waals surface area contributed by atoms with Crippen molar-refractivity contribution in [3.8, 4) is 16.9 Å². The number of aromatic amines is 1. The van der Waals surface area contributed by atoms with E-state index in [4.69, 9.17) is 16.9 Å². The Kier molecular flexibility index (Phi) is 10.2. The molecule has 43 heavy (non-hydrogen) atoms. The first-order valence-corrected chi connectivity index (χ1v) is 14.1. The van der Waals surface area contributed by atoms with E-state index in [2.05, 4.69) is 20.6 Å². The number of fused-ring (bicyclic) bond motifs is 1. The molecule has 0 fully saturated rings. The van der Waals surface area contributed by atoms with Gasteiger partial charge in [-0.1, -0.05) is 12.1 Å². The molecule has 230 valence electrons. The summed E-state index contributed by atoms with van der Waals surface area (Å²) < 4.78 is 42.5. The molecule has 2 heterocycles. The Bertz CT molecular complexity index is 1600. The van der Waals surface area contributed by atoms with Crippen molar-refractivity contribution in [1.82, 2.24) is 25.2 Å². The van der Waals surface area contributed by atoms with Crippen LogP contribution in [0.3, 0.4) is 0 Å². The maximum absolute atomic E-state index is 13.7. The van der Waals surface area contributed by atoms with Crippen molar-refractivity contribution in [2.75, 3.05) is 19.7 Å². The number of hydrogen-bond donors (Lipinski definition) is 7. The van der Waals surface area contributed by atoms with Crippen LogP contribution in [0.15, 0.2) is 59.5 Å². The van der Waals surface area contributed by atoms with E-state index in [1.165, 1.54) is 10.6 Å². The second kappa shape index (κ2) is 13.8. The first-order chi connectivity index (χ1) is 20.4. The standard InChI is InChI=1S/C30H37F3N8O2/c1-18(34)4-2-5-19-12-21(14-23(13-19)30(31,32)33)25-15-22-16-41(29(43)40-27(22)39-25)24-8-6-20(7-9-24)26(17-42)37-10-3-11-38-28(35)36/h6-9,12-16,18,26,37,42H,2-5,10-11,17,34H2,1H3,(H4,35,36,38)(H,39,40,43)/t18-,26-/m0/s1. The molecule has 0 amide bonds. The number of rotatable bonds is 13. The van der Waals surface area contributed by atoms with Crippen molar-refractivity contribution in [2.24, 2.45) is 11.5 Å². The predicted octanol–water partition coefficient (Wildman–Crippen LogP) is 3.57. The molecular weight excluding hydrogens is 561 g/mol. The molecule has 0 bridgehead atoms. The first kappa shape index (κ1) is 31.7. The average Bonchev–Trinajstić information content (AvgIpc) is 3.37. The summed E-state index contributed by atoms with van der Waals surface area (Å²) in [5.74, 6) is -0.0957. The van der Waals surface area contributed by atoms with Gasteiger partial charge in [0.25, 0.3) is 0 Å². The maximum Gasteiger partial charge on any atom is 0.416 e. The second-order valence-electron chi connectivity index (χ2n) is 10.6. The van der Waals surface area contributed by atoms with Crippen molar-refractivity contribution < 1.29 is 18.3 Å². The lowest BCUT2D eigenvalue weighted by molar-refractivity contribution is -0.137. The SMILES string of the molecule is C[C@H](N)CCCc1cc(-c2cc3cn(-c4ccc([C@H](CO)NCCCNC(=N)N)cc4)c(=O)nc3[nH]2)cc(C(F)(F)F)c1. The molecule has 0 aliphatic carbocycles. The summed E-state index contributed by atoms with van der Waals surface area (Å²) in [5, 5.41) is 23.5. The Morgan fingerprint density at radius 2 is 1.88 bits per heavy atom. The molecule has 4 rings (SSSR count). The van der Waals surface area contributed by atoms with Crippen LogP contribution in [-0.4, -0.2) is 51.3 Å². The molecule has 2 atom stereocenters. The highest BCUT2D eigenvalue weighted by molar-refractivity contribution is 5.82. The van der Waals surface area contributed by atoms with E-state index in [1.807, 2.05) is 6.92 Å². The summed E-state index contributed by atoms with van der Waals surface area (Å²) in [7, 11) is 0. The number of guanidine groups is 1. The fourth-order valence-corrected chi connectivity index (χ4v) is 4.86. The van der Waals surface area contributed by atoms with Gasteiger partial charge in [0.05, 0.1) is 23.9 Å². The average molecular weight is 599 g/mol. The quantitative estimate of drug-likeness (QED) is 0.0701. The fourth-order valence-electron chi connectivity index (χ4n) is 4.86. The van der Waals surface area contributed by atoms with Crippen molar-refractivity contribution in [3.05, 3.63) is 81.9 Å². The van der Waals surface area contributed by atoms with Gasteiger partial charge in [0.1, 0.15) is 5.65 Å². The third kappa shape index (κ3) is 8.43. The van der Waals surface area contributed by atoms with E-state index in [1.54, 1.807) is 42.6 Å². The molecule has 0 saturated carbocycles. The van der Waals surface area contributed by atoms with Crippen LogP contribution < -0.4 is 27.8 Å². The molecular formula is C30H37F3N8O2. The van der Waals surface area contributed by atoms with Crippen LogP contribution in [0.4, 0.5) is 13.2 Å². The molecule has 0 aliphatic heterocycles. The summed E-state index contributed by atoms with van der Waals surface area (Å²) in [6.45, 7) is 2.84. The Hall–Kier alpha value is -4.20. The van der Waals surface area contributed by atoms with Gasteiger partial charge in [-0.3, -0.25) is 9.98 Å². The lowest BCUT2D eigenvalue weighted by Crippen LogP contribution is -2.33. The third-order valence-corrected chi connectivity index (χ3v) is 7.08. The molecule has 2 aromatic carbocycles. The first-order valence-electron chi connectivity index (χ1n) is 14.1. The largest absolute Gasteiger partial charge is 0.416 e. The number of benzene rings is 2. The summed E-state index contributed by atoms with van der Waals surface area (Å²) in [5.41, 5.74) is 12.7. The number of aromatic nitrogens is 3. The Balaban J connectivity index is 1.57. The summed E-state index contributed by atoms with van der Waals surface area (Å²) in [6.07, 6.45) is -0.388. The molecule has 0 aliphatic rings. The highest BCUT2D eigenvalue weighted by Crippen LogP contribution is 2.34. The molecule has 0 radical (unpaired) electrons. The van der Waals surface area contributed by atoms with Crippen molar-refractivity contribution in [2.45, 2.75) is 50.9 Å². The van der Waals surface area contributed by atoms with Gasteiger partial charge in [-0.15, -0.1) is 0 Å². The molecule has 13 heteroatoms. The number of halogens is 3. The van der Waals surface area contributed by atoms with Gasteiger partial charge in [-0.2, -0.15) is 18.2 Å². The normalized spacial score (nSPS) is 13.3. The van der Waals surface area contributed by atoms with Crippen molar-refractivity contribution in [3.63, 3.8) is 0 Å². The molecule has 2 aromatic heterocycles. The van der Waals surface area contributed by atoms with Gasteiger partial charge in [0, 0.05) is 29.9 Å². The number of aliphatic hydroxyl groups excluding tert-OH is 1. The van der Waals surface area contributed by atoms with Crippen molar-refractivity contribution >= 4 is 17.0 Å².